The summed E-state index contributed by atoms with van der Waals surface area (Å²) in [5.74, 6) is 5.60. The largest absolute Gasteiger partial charge is 0.381 e. The monoisotopic (exact) mass is 408 g/mol. The molecule has 3 heterocycles. The number of aliphatic hydroxyl groups excluding tert-OH is 1. The summed E-state index contributed by atoms with van der Waals surface area (Å²) in [6.07, 6.45) is 2.02. The Morgan fingerprint density at radius 1 is 1.14 bits per heavy atom. The Bertz CT molecular complexity index is 1120. The molecule has 3 aromatic rings. The van der Waals surface area contributed by atoms with Crippen molar-refractivity contribution in [2.45, 2.75) is 19.4 Å². The van der Waals surface area contributed by atoms with Gasteiger partial charge in [0.2, 0.25) is 0 Å². The molecule has 0 amide bonds. The summed E-state index contributed by atoms with van der Waals surface area (Å²) in [4.78, 5) is 22.9. The fourth-order valence-corrected chi connectivity index (χ4v) is 4.36. The van der Waals surface area contributed by atoms with E-state index in [1.165, 1.54) is 17.0 Å². The number of aromatic nitrogens is 2. The van der Waals surface area contributed by atoms with Crippen LogP contribution in [0.1, 0.15) is 18.2 Å². The van der Waals surface area contributed by atoms with Crippen LogP contribution in [0.25, 0.3) is 15.9 Å². The standard InChI is InChI=1S/C22H24N4O2S/c1-16(27)4-9-19-14-20-21(29-19)22(28)26(15-23-20)18-7-5-17(6-8-18)25-11-3-10-24(2)12-13-25/h5-8,14-16,27H,3,10-13H2,1-2H3. The number of anilines is 1. The van der Waals surface area contributed by atoms with Crippen molar-refractivity contribution in [1.82, 2.24) is 14.5 Å². The second-order valence-electron chi connectivity index (χ2n) is 7.35. The van der Waals surface area contributed by atoms with Crippen LogP contribution in [0, 0.1) is 11.8 Å². The number of aliphatic hydroxyl groups is 1. The predicted molar refractivity (Wildman–Crippen MR) is 118 cm³/mol. The molecule has 0 radical (unpaired) electrons. The summed E-state index contributed by atoms with van der Waals surface area (Å²) in [6.45, 7) is 5.84. The molecule has 1 aliphatic heterocycles. The maximum absolute atomic E-state index is 13.0. The Hall–Kier alpha value is -2.66. The summed E-state index contributed by atoms with van der Waals surface area (Å²) in [5.41, 5.74) is 2.51. The molecule has 0 saturated carbocycles. The number of nitrogens with zero attached hydrogens (tertiary/aromatic N) is 4. The molecule has 0 aliphatic carbocycles. The van der Waals surface area contributed by atoms with Crippen molar-refractivity contribution in [3.63, 3.8) is 0 Å². The van der Waals surface area contributed by atoms with Gasteiger partial charge in [0, 0.05) is 25.3 Å². The third-order valence-electron chi connectivity index (χ3n) is 5.05. The van der Waals surface area contributed by atoms with E-state index in [9.17, 15) is 9.90 Å². The van der Waals surface area contributed by atoms with E-state index >= 15 is 0 Å². The van der Waals surface area contributed by atoms with Gasteiger partial charge in [-0.25, -0.2) is 4.98 Å². The van der Waals surface area contributed by atoms with Crippen LogP contribution in [0.2, 0.25) is 0 Å². The van der Waals surface area contributed by atoms with Gasteiger partial charge in [-0.05, 0) is 57.3 Å². The van der Waals surface area contributed by atoms with E-state index in [-0.39, 0.29) is 5.56 Å². The summed E-state index contributed by atoms with van der Waals surface area (Å²) in [7, 11) is 2.16. The second-order valence-corrected chi connectivity index (χ2v) is 8.40. The molecule has 1 atom stereocenters. The fraction of sp³-hybridized carbons (Fsp3) is 0.364. The van der Waals surface area contributed by atoms with Crippen molar-refractivity contribution in [3.05, 3.63) is 51.9 Å². The highest BCUT2D eigenvalue weighted by Gasteiger charge is 2.14. The van der Waals surface area contributed by atoms with E-state index in [0.29, 0.717) is 10.2 Å². The minimum Gasteiger partial charge on any atom is -0.381 e. The highest BCUT2D eigenvalue weighted by Crippen LogP contribution is 2.22. The molecule has 1 fully saturated rings. The quantitative estimate of drug-likeness (QED) is 0.660. The lowest BCUT2D eigenvalue weighted by Gasteiger charge is -2.23. The molecule has 4 rings (SSSR count). The zero-order valence-corrected chi connectivity index (χ0v) is 17.4. The molecule has 0 spiro atoms. The Morgan fingerprint density at radius 3 is 2.66 bits per heavy atom. The first kappa shape index (κ1) is 19.6. The average Bonchev–Trinajstić information content (AvgIpc) is 3.02. The Morgan fingerprint density at radius 2 is 1.90 bits per heavy atom. The third kappa shape index (κ3) is 4.35. The number of thiophene rings is 1. The number of hydrogen-bond acceptors (Lipinski definition) is 6. The average molecular weight is 409 g/mol. The lowest BCUT2D eigenvalue weighted by Crippen LogP contribution is -2.28. The Kier molecular flexibility index (Phi) is 5.67. The highest BCUT2D eigenvalue weighted by atomic mass is 32.1. The maximum atomic E-state index is 13.0. The number of fused-ring (bicyclic) bond motifs is 1. The molecule has 7 heteroatoms. The molecule has 1 N–H and O–H groups in total. The van der Waals surface area contributed by atoms with Gasteiger partial charge in [0.15, 0.2) is 0 Å². The SMILES string of the molecule is CC(O)C#Cc1cc2ncn(-c3ccc(N4CCCN(C)CC4)cc3)c(=O)c2s1. The lowest BCUT2D eigenvalue weighted by molar-refractivity contribution is 0.253. The minimum absolute atomic E-state index is 0.103. The van der Waals surface area contributed by atoms with Gasteiger partial charge in [0.25, 0.3) is 5.56 Å². The molecular weight excluding hydrogens is 384 g/mol. The van der Waals surface area contributed by atoms with E-state index in [2.05, 4.69) is 45.8 Å². The first-order valence-corrected chi connectivity index (χ1v) is 10.6. The van der Waals surface area contributed by atoms with Gasteiger partial charge in [-0.1, -0.05) is 11.8 Å². The van der Waals surface area contributed by atoms with Crippen LogP contribution in [-0.2, 0) is 0 Å². The highest BCUT2D eigenvalue weighted by molar-refractivity contribution is 7.19. The molecule has 0 bridgehead atoms. The van der Waals surface area contributed by atoms with Crippen molar-refractivity contribution in [2.24, 2.45) is 0 Å². The molecule has 29 heavy (non-hydrogen) atoms. The molecular formula is C22H24N4O2S. The van der Waals surface area contributed by atoms with Crippen molar-refractivity contribution in [3.8, 4) is 17.5 Å². The number of likely N-dealkylation sites (N-methyl/N-ethyl adjacent to an activating group) is 1. The Labute approximate surface area is 174 Å². The van der Waals surface area contributed by atoms with Crippen LogP contribution < -0.4 is 10.5 Å². The molecule has 150 valence electrons. The summed E-state index contributed by atoms with van der Waals surface area (Å²) < 4.78 is 2.15. The van der Waals surface area contributed by atoms with Crippen molar-refractivity contribution in [2.75, 3.05) is 38.1 Å². The third-order valence-corrected chi connectivity index (χ3v) is 6.08. The molecule has 1 unspecified atom stereocenters. The zero-order chi connectivity index (χ0) is 20.4. The van der Waals surface area contributed by atoms with Gasteiger partial charge in [-0.2, -0.15) is 0 Å². The normalized spacial score (nSPS) is 16.3. The topological polar surface area (TPSA) is 61.6 Å². The van der Waals surface area contributed by atoms with Crippen molar-refractivity contribution >= 4 is 27.2 Å². The van der Waals surface area contributed by atoms with Gasteiger partial charge in [-0.3, -0.25) is 9.36 Å². The summed E-state index contributed by atoms with van der Waals surface area (Å²) >= 11 is 1.31. The molecule has 2 aromatic heterocycles. The van der Waals surface area contributed by atoms with Crippen LogP contribution in [0.5, 0.6) is 0 Å². The lowest BCUT2D eigenvalue weighted by atomic mass is 10.2. The summed E-state index contributed by atoms with van der Waals surface area (Å²) in [5, 5.41) is 9.32. The van der Waals surface area contributed by atoms with Crippen LogP contribution in [0.4, 0.5) is 5.69 Å². The predicted octanol–water partition coefficient (Wildman–Crippen LogP) is 2.32. The van der Waals surface area contributed by atoms with Crippen LogP contribution >= 0.6 is 11.3 Å². The molecule has 1 saturated heterocycles. The fourth-order valence-electron chi connectivity index (χ4n) is 3.46. The van der Waals surface area contributed by atoms with E-state index in [4.69, 9.17) is 0 Å². The smallest absolute Gasteiger partial charge is 0.275 e. The number of benzene rings is 1. The molecule has 6 nitrogen and oxygen atoms in total. The van der Waals surface area contributed by atoms with E-state index in [1.54, 1.807) is 23.9 Å². The van der Waals surface area contributed by atoms with Gasteiger partial charge in [0.05, 0.1) is 16.1 Å². The zero-order valence-electron chi connectivity index (χ0n) is 16.6. The van der Waals surface area contributed by atoms with Crippen molar-refractivity contribution < 1.29 is 5.11 Å². The molecule has 1 aromatic carbocycles. The van der Waals surface area contributed by atoms with Gasteiger partial charge in [-0.15, -0.1) is 11.3 Å². The first-order chi connectivity index (χ1) is 14.0. The van der Waals surface area contributed by atoms with Crippen molar-refractivity contribution in [1.29, 1.82) is 0 Å². The van der Waals surface area contributed by atoms with E-state index in [0.717, 1.165) is 43.2 Å². The van der Waals surface area contributed by atoms with Gasteiger partial charge in [0.1, 0.15) is 17.1 Å². The van der Waals surface area contributed by atoms with Crippen LogP contribution in [-0.4, -0.2) is 58.9 Å². The van der Waals surface area contributed by atoms with Gasteiger partial charge < -0.3 is 14.9 Å². The maximum Gasteiger partial charge on any atom is 0.275 e. The van der Waals surface area contributed by atoms with Crippen LogP contribution in [0.3, 0.4) is 0 Å². The number of hydrogen-bond donors (Lipinski definition) is 1. The summed E-state index contributed by atoms with van der Waals surface area (Å²) in [6, 6.07) is 9.89. The Balaban J connectivity index is 1.62. The van der Waals surface area contributed by atoms with E-state index in [1.807, 2.05) is 12.1 Å². The van der Waals surface area contributed by atoms with Crippen LogP contribution in [0.15, 0.2) is 41.5 Å². The second kappa shape index (κ2) is 8.37. The van der Waals surface area contributed by atoms with E-state index < -0.39 is 6.10 Å². The van der Waals surface area contributed by atoms with Gasteiger partial charge >= 0.3 is 0 Å². The molecule has 1 aliphatic rings. The minimum atomic E-state index is -0.701. The number of rotatable bonds is 2. The first-order valence-electron chi connectivity index (χ1n) is 9.76.